The van der Waals surface area contributed by atoms with Crippen LogP contribution in [0.2, 0.25) is 0 Å². The van der Waals surface area contributed by atoms with Gasteiger partial charge in [-0.15, -0.1) is 0 Å². The maximum atomic E-state index is 12.6. The van der Waals surface area contributed by atoms with Gasteiger partial charge in [0.15, 0.2) is 11.5 Å². The van der Waals surface area contributed by atoms with Crippen molar-refractivity contribution in [1.82, 2.24) is 14.9 Å². The van der Waals surface area contributed by atoms with Crippen molar-refractivity contribution in [2.24, 2.45) is 5.73 Å². The van der Waals surface area contributed by atoms with E-state index in [0.29, 0.717) is 73.7 Å². The number of aromatic nitrogens is 2. The molecule has 3 heterocycles. The van der Waals surface area contributed by atoms with Gasteiger partial charge in [-0.2, -0.15) is 0 Å². The second-order valence-corrected chi connectivity index (χ2v) is 7.65. The maximum Gasteiger partial charge on any atom is 0.252 e. The number of ether oxygens (including phenoxy) is 3. The third kappa shape index (κ3) is 4.87. The Kier molecular flexibility index (Phi) is 6.20. The first-order chi connectivity index (χ1) is 15.0. The Hall–Kier alpha value is -3.36. The zero-order valence-electron chi connectivity index (χ0n) is 17.5. The van der Waals surface area contributed by atoms with Crippen molar-refractivity contribution >= 4 is 11.8 Å². The van der Waals surface area contributed by atoms with Gasteiger partial charge < -0.3 is 24.8 Å². The number of likely N-dealkylation sites (tertiary alicyclic amines) is 1. The molecule has 1 fully saturated rings. The standard InChI is InChI=1S/C22H26N4O5/c1-14-17(21(23)28)13-24-22(25-14)15-4-7-26(8-5-15)20(27)6-9-29-16-2-3-18-19(12-16)31-11-10-30-18/h2-3,12-13,15H,4-11H2,1H3,(H2,23,28). The van der Waals surface area contributed by atoms with Crippen molar-refractivity contribution in [3.63, 3.8) is 0 Å². The van der Waals surface area contributed by atoms with Crippen LogP contribution in [0.5, 0.6) is 17.2 Å². The molecule has 0 radical (unpaired) electrons. The van der Waals surface area contributed by atoms with Crippen molar-refractivity contribution in [1.29, 1.82) is 0 Å². The number of benzene rings is 1. The van der Waals surface area contributed by atoms with E-state index in [-0.39, 0.29) is 11.8 Å². The molecule has 2 amide bonds. The molecular formula is C22H26N4O5. The Balaban J connectivity index is 1.24. The van der Waals surface area contributed by atoms with E-state index in [4.69, 9.17) is 19.9 Å². The van der Waals surface area contributed by atoms with Crippen molar-refractivity contribution in [3.8, 4) is 17.2 Å². The molecule has 0 aliphatic carbocycles. The zero-order chi connectivity index (χ0) is 21.8. The average molecular weight is 426 g/mol. The van der Waals surface area contributed by atoms with Gasteiger partial charge in [-0.25, -0.2) is 9.97 Å². The predicted octanol–water partition coefficient (Wildman–Crippen LogP) is 1.83. The number of rotatable bonds is 6. The number of fused-ring (bicyclic) bond motifs is 1. The van der Waals surface area contributed by atoms with Crippen molar-refractivity contribution in [2.45, 2.75) is 32.1 Å². The van der Waals surface area contributed by atoms with Gasteiger partial charge in [0, 0.05) is 31.3 Å². The Morgan fingerprint density at radius 1 is 1.19 bits per heavy atom. The molecule has 0 bridgehead atoms. The Bertz CT molecular complexity index is 972. The van der Waals surface area contributed by atoms with Crippen LogP contribution in [0.15, 0.2) is 24.4 Å². The van der Waals surface area contributed by atoms with E-state index in [1.54, 1.807) is 13.0 Å². The first kappa shape index (κ1) is 20.9. The van der Waals surface area contributed by atoms with Gasteiger partial charge in [-0.3, -0.25) is 9.59 Å². The lowest BCUT2D eigenvalue weighted by Crippen LogP contribution is -2.38. The molecule has 1 saturated heterocycles. The third-order valence-electron chi connectivity index (χ3n) is 5.57. The number of carbonyl (C=O) groups is 2. The smallest absolute Gasteiger partial charge is 0.252 e. The summed E-state index contributed by atoms with van der Waals surface area (Å²) in [5.74, 6) is 2.44. The average Bonchev–Trinajstić information content (AvgIpc) is 2.78. The highest BCUT2D eigenvalue weighted by atomic mass is 16.6. The fraction of sp³-hybridized carbons (Fsp3) is 0.455. The summed E-state index contributed by atoms with van der Waals surface area (Å²) in [5.41, 5.74) is 6.25. The Morgan fingerprint density at radius 3 is 2.65 bits per heavy atom. The number of aryl methyl sites for hydroxylation is 1. The molecular weight excluding hydrogens is 400 g/mol. The number of piperidine rings is 1. The number of hydrogen-bond donors (Lipinski definition) is 1. The molecule has 1 aromatic heterocycles. The lowest BCUT2D eigenvalue weighted by molar-refractivity contribution is -0.132. The van der Waals surface area contributed by atoms with Crippen LogP contribution in [0.3, 0.4) is 0 Å². The second kappa shape index (κ2) is 9.20. The van der Waals surface area contributed by atoms with Crippen molar-refractivity contribution in [2.75, 3.05) is 32.9 Å². The zero-order valence-corrected chi connectivity index (χ0v) is 17.5. The highest BCUT2D eigenvalue weighted by molar-refractivity contribution is 5.93. The van der Waals surface area contributed by atoms with E-state index < -0.39 is 5.91 Å². The molecule has 2 N–H and O–H groups in total. The number of nitrogens with zero attached hydrogens (tertiary/aromatic N) is 3. The normalized spacial score (nSPS) is 16.1. The van der Waals surface area contributed by atoms with Crippen LogP contribution in [-0.4, -0.2) is 59.6 Å². The van der Waals surface area contributed by atoms with Crippen molar-refractivity contribution in [3.05, 3.63) is 41.5 Å². The number of hydrogen-bond acceptors (Lipinski definition) is 7. The minimum Gasteiger partial charge on any atom is -0.493 e. The molecule has 0 atom stereocenters. The van der Waals surface area contributed by atoms with Crippen LogP contribution >= 0.6 is 0 Å². The first-order valence-corrected chi connectivity index (χ1v) is 10.4. The molecule has 4 rings (SSSR count). The summed E-state index contributed by atoms with van der Waals surface area (Å²) < 4.78 is 16.8. The van der Waals surface area contributed by atoms with Crippen LogP contribution in [0.1, 0.15) is 47.1 Å². The van der Waals surface area contributed by atoms with E-state index in [9.17, 15) is 9.59 Å². The van der Waals surface area contributed by atoms with E-state index >= 15 is 0 Å². The third-order valence-corrected chi connectivity index (χ3v) is 5.57. The van der Waals surface area contributed by atoms with E-state index in [1.807, 2.05) is 17.0 Å². The molecule has 0 spiro atoms. The van der Waals surface area contributed by atoms with Gasteiger partial charge in [-0.1, -0.05) is 0 Å². The number of carbonyl (C=O) groups excluding carboxylic acids is 2. The Morgan fingerprint density at radius 2 is 1.94 bits per heavy atom. The number of amides is 2. The maximum absolute atomic E-state index is 12.6. The molecule has 0 saturated carbocycles. The highest BCUT2D eigenvalue weighted by Crippen LogP contribution is 2.33. The second-order valence-electron chi connectivity index (χ2n) is 7.65. The fourth-order valence-electron chi connectivity index (χ4n) is 3.84. The summed E-state index contributed by atoms with van der Waals surface area (Å²) in [5, 5.41) is 0. The molecule has 2 aliphatic heterocycles. The van der Waals surface area contributed by atoms with E-state index in [0.717, 1.165) is 12.8 Å². The largest absolute Gasteiger partial charge is 0.493 e. The van der Waals surface area contributed by atoms with Crippen LogP contribution in [0.25, 0.3) is 0 Å². The summed E-state index contributed by atoms with van der Waals surface area (Å²) in [4.78, 5) is 34.5. The molecule has 164 valence electrons. The lowest BCUT2D eigenvalue weighted by Gasteiger charge is -2.31. The fourth-order valence-corrected chi connectivity index (χ4v) is 3.84. The van der Waals surface area contributed by atoms with Gasteiger partial charge in [0.25, 0.3) is 5.91 Å². The topological polar surface area (TPSA) is 117 Å². The number of nitrogens with two attached hydrogens (primary N) is 1. The minimum absolute atomic E-state index is 0.0668. The van der Waals surface area contributed by atoms with Gasteiger partial charge in [0.2, 0.25) is 5.91 Å². The summed E-state index contributed by atoms with van der Waals surface area (Å²) >= 11 is 0. The molecule has 0 unspecified atom stereocenters. The van der Waals surface area contributed by atoms with Gasteiger partial charge in [-0.05, 0) is 31.9 Å². The lowest BCUT2D eigenvalue weighted by atomic mass is 9.95. The summed E-state index contributed by atoms with van der Waals surface area (Å²) in [6.07, 6.45) is 3.36. The highest BCUT2D eigenvalue weighted by Gasteiger charge is 2.26. The van der Waals surface area contributed by atoms with Gasteiger partial charge >= 0.3 is 0 Å². The summed E-state index contributed by atoms with van der Waals surface area (Å²) in [7, 11) is 0. The molecule has 2 aliphatic rings. The van der Waals surface area contributed by atoms with Crippen LogP contribution < -0.4 is 19.9 Å². The predicted molar refractivity (Wildman–Crippen MR) is 111 cm³/mol. The van der Waals surface area contributed by atoms with E-state index in [2.05, 4.69) is 9.97 Å². The summed E-state index contributed by atoms with van der Waals surface area (Å²) in [6, 6.07) is 5.42. The molecule has 9 nitrogen and oxygen atoms in total. The van der Waals surface area contributed by atoms with Gasteiger partial charge in [0.1, 0.15) is 24.8 Å². The van der Waals surface area contributed by atoms with Crippen LogP contribution in [0.4, 0.5) is 0 Å². The molecule has 1 aromatic carbocycles. The van der Waals surface area contributed by atoms with Crippen LogP contribution in [-0.2, 0) is 4.79 Å². The SMILES string of the molecule is Cc1nc(C2CCN(C(=O)CCOc3ccc4c(c3)OCCO4)CC2)ncc1C(N)=O. The Labute approximate surface area is 180 Å². The summed E-state index contributed by atoms with van der Waals surface area (Å²) in [6.45, 7) is 4.41. The van der Waals surface area contributed by atoms with Crippen LogP contribution in [0, 0.1) is 6.92 Å². The monoisotopic (exact) mass is 426 g/mol. The molecule has 2 aromatic rings. The van der Waals surface area contributed by atoms with Gasteiger partial charge in [0.05, 0.1) is 24.3 Å². The first-order valence-electron chi connectivity index (χ1n) is 10.4. The van der Waals surface area contributed by atoms with Crippen molar-refractivity contribution < 1.29 is 23.8 Å². The molecule has 9 heteroatoms. The van der Waals surface area contributed by atoms with E-state index in [1.165, 1.54) is 6.20 Å². The number of primary amides is 1. The quantitative estimate of drug-likeness (QED) is 0.749. The minimum atomic E-state index is -0.525. The molecule has 31 heavy (non-hydrogen) atoms.